The molecule has 34 heavy (non-hydrogen) atoms. The minimum atomic E-state index is -1.43. The Morgan fingerprint density at radius 2 is 1.59 bits per heavy atom. The molecule has 1 atom stereocenters. The van der Waals surface area contributed by atoms with Crippen LogP contribution in [0, 0.1) is 11.7 Å². The molecule has 0 heterocycles. The van der Waals surface area contributed by atoms with E-state index in [1.165, 1.54) is 12.1 Å². The number of alkyl carbamates (subject to hydrolysis) is 1. The Hall–Kier alpha value is -4.20. The van der Waals surface area contributed by atoms with E-state index in [0.717, 1.165) is 28.3 Å². The summed E-state index contributed by atoms with van der Waals surface area (Å²) in [5.74, 6) is -3.82. The van der Waals surface area contributed by atoms with E-state index in [-0.39, 0.29) is 24.8 Å². The van der Waals surface area contributed by atoms with E-state index in [1.54, 1.807) is 6.92 Å². The molecular formula is C26H23FN2O5. The quantitative estimate of drug-likeness (QED) is 0.475. The molecule has 2 amide bonds. The SMILES string of the molecule is CC(CNC(=O)OCC1c2ccccc2-c2ccccc21)C(=O)Nc1cccc(C(=O)O)c1F. The third kappa shape index (κ3) is 4.61. The number of carbonyl (C=O) groups excluding carboxylic acids is 2. The van der Waals surface area contributed by atoms with Gasteiger partial charge in [-0.25, -0.2) is 14.0 Å². The number of fused-ring (bicyclic) bond motifs is 3. The van der Waals surface area contributed by atoms with Crippen LogP contribution in [0.15, 0.2) is 66.7 Å². The second-order valence-corrected chi connectivity index (χ2v) is 8.07. The third-order valence-corrected chi connectivity index (χ3v) is 5.83. The van der Waals surface area contributed by atoms with Crippen molar-refractivity contribution in [3.8, 4) is 11.1 Å². The highest BCUT2D eigenvalue weighted by Crippen LogP contribution is 2.44. The van der Waals surface area contributed by atoms with Gasteiger partial charge >= 0.3 is 12.1 Å². The van der Waals surface area contributed by atoms with Crippen LogP contribution in [0.2, 0.25) is 0 Å². The molecule has 0 aliphatic heterocycles. The Bertz CT molecular complexity index is 1210. The van der Waals surface area contributed by atoms with Crippen molar-refractivity contribution in [2.45, 2.75) is 12.8 Å². The van der Waals surface area contributed by atoms with Crippen molar-refractivity contribution in [2.75, 3.05) is 18.5 Å². The lowest BCUT2D eigenvalue weighted by Crippen LogP contribution is -2.35. The molecule has 0 radical (unpaired) electrons. The zero-order chi connectivity index (χ0) is 24.2. The number of halogens is 1. The first-order valence-electron chi connectivity index (χ1n) is 10.8. The molecule has 1 aliphatic rings. The molecular weight excluding hydrogens is 439 g/mol. The molecule has 0 spiro atoms. The minimum absolute atomic E-state index is 0.0389. The number of rotatable bonds is 7. The van der Waals surface area contributed by atoms with Crippen molar-refractivity contribution < 1.29 is 28.6 Å². The summed E-state index contributed by atoms with van der Waals surface area (Å²) < 4.78 is 19.7. The van der Waals surface area contributed by atoms with Crippen molar-refractivity contribution in [1.82, 2.24) is 5.32 Å². The van der Waals surface area contributed by atoms with Gasteiger partial charge in [0.25, 0.3) is 0 Å². The molecule has 0 saturated heterocycles. The summed E-state index contributed by atoms with van der Waals surface area (Å²) in [7, 11) is 0. The van der Waals surface area contributed by atoms with Crippen molar-refractivity contribution in [3.05, 3.63) is 89.2 Å². The number of hydrogen-bond donors (Lipinski definition) is 3. The fraction of sp³-hybridized carbons (Fsp3) is 0.192. The summed E-state index contributed by atoms with van der Waals surface area (Å²) >= 11 is 0. The molecule has 1 aliphatic carbocycles. The average Bonchev–Trinajstić information content (AvgIpc) is 3.16. The fourth-order valence-electron chi connectivity index (χ4n) is 4.03. The molecule has 0 bridgehead atoms. The molecule has 7 nitrogen and oxygen atoms in total. The minimum Gasteiger partial charge on any atom is -0.478 e. The highest BCUT2D eigenvalue weighted by atomic mass is 19.1. The predicted octanol–water partition coefficient (Wildman–Crippen LogP) is 4.64. The topological polar surface area (TPSA) is 105 Å². The maximum atomic E-state index is 14.2. The van der Waals surface area contributed by atoms with Gasteiger partial charge in [0.2, 0.25) is 5.91 Å². The summed E-state index contributed by atoms with van der Waals surface area (Å²) in [4.78, 5) is 35.7. The highest BCUT2D eigenvalue weighted by molar-refractivity contribution is 5.95. The summed E-state index contributed by atoms with van der Waals surface area (Å²) in [6.07, 6.45) is -0.666. The van der Waals surface area contributed by atoms with E-state index in [0.29, 0.717) is 0 Å². The van der Waals surface area contributed by atoms with Gasteiger partial charge in [-0.1, -0.05) is 61.5 Å². The Morgan fingerprint density at radius 3 is 2.21 bits per heavy atom. The van der Waals surface area contributed by atoms with E-state index < -0.39 is 35.3 Å². The maximum Gasteiger partial charge on any atom is 0.407 e. The molecule has 3 N–H and O–H groups in total. The fourth-order valence-corrected chi connectivity index (χ4v) is 4.03. The third-order valence-electron chi connectivity index (χ3n) is 5.83. The van der Waals surface area contributed by atoms with E-state index in [2.05, 4.69) is 10.6 Å². The number of amides is 2. The first kappa shape index (κ1) is 23.0. The molecule has 8 heteroatoms. The second-order valence-electron chi connectivity index (χ2n) is 8.07. The van der Waals surface area contributed by atoms with Crippen LogP contribution in [0.25, 0.3) is 11.1 Å². The molecule has 0 saturated carbocycles. The second kappa shape index (κ2) is 9.74. The molecule has 4 rings (SSSR count). The van der Waals surface area contributed by atoms with Gasteiger partial charge in [-0.05, 0) is 34.4 Å². The number of nitrogens with one attached hydrogen (secondary N) is 2. The molecule has 174 valence electrons. The predicted molar refractivity (Wildman–Crippen MR) is 124 cm³/mol. The van der Waals surface area contributed by atoms with Crippen LogP contribution in [0.1, 0.15) is 34.3 Å². The zero-order valence-electron chi connectivity index (χ0n) is 18.4. The monoisotopic (exact) mass is 462 g/mol. The number of anilines is 1. The highest BCUT2D eigenvalue weighted by Gasteiger charge is 2.29. The van der Waals surface area contributed by atoms with Crippen molar-refractivity contribution >= 4 is 23.7 Å². The first-order valence-corrected chi connectivity index (χ1v) is 10.8. The molecule has 3 aromatic rings. The van der Waals surface area contributed by atoms with Crippen LogP contribution in [-0.4, -0.2) is 36.2 Å². The van der Waals surface area contributed by atoms with Crippen LogP contribution in [0.4, 0.5) is 14.9 Å². The van der Waals surface area contributed by atoms with Crippen molar-refractivity contribution in [1.29, 1.82) is 0 Å². The van der Waals surface area contributed by atoms with Crippen molar-refractivity contribution in [3.63, 3.8) is 0 Å². The standard InChI is InChI=1S/C26H23FN2O5/c1-15(24(30)29-22-12-6-11-20(23(22)27)25(31)32)13-28-26(33)34-14-21-18-9-4-2-7-16(18)17-8-3-5-10-19(17)21/h2-12,15,21H,13-14H2,1H3,(H,28,33)(H,29,30)(H,31,32). The number of carbonyl (C=O) groups is 3. The van der Waals surface area contributed by atoms with Gasteiger partial charge in [-0.2, -0.15) is 0 Å². The molecule has 1 unspecified atom stereocenters. The molecule has 0 aromatic heterocycles. The zero-order valence-corrected chi connectivity index (χ0v) is 18.4. The first-order chi connectivity index (χ1) is 16.4. The van der Waals surface area contributed by atoms with Gasteiger partial charge in [0.05, 0.1) is 17.2 Å². The number of aromatic carboxylic acids is 1. The Kier molecular flexibility index (Phi) is 6.58. The van der Waals surface area contributed by atoms with Gasteiger partial charge in [0, 0.05) is 12.5 Å². The molecule has 3 aromatic carbocycles. The normalized spacial score (nSPS) is 12.9. The summed E-state index contributed by atoms with van der Waals surface area (Å²) in [5.41, 5.74) is 3.65. The average molecular weight is 462 g/mol. The summed E-state index contributed by atoms with van der Waals surface area (Å²) in [6, 6.07) is 19.7. The van der Waals surface area contributed by atoms with E-state index in [4.69, 9.17) is 9.84 Å². The van der Waals surface area contributed by atoms with E-state index in [9.17, 15) is 18.8 Å². The van der Waals surface area contributed by atoms with Crippen LogP contribution < -0.4 is 10.6 Å². The molecule has 0 fully saturated rings. The van der Waals surface area contributed by atoms with Gasteiger partial charge in [-0.15, -0.1) is 0 Å². The van der Waals surface area contributed by atoms with Crippen LogP contribution in [0.3, 0.4) is 0 Å². The van der Waals surface area contributed by atoms with Crippen LogP contribution in [-0.2, 0) is 9.53 Å². The van der Waals surface area contributed by atoms with Crippen molar-refractivity contribution in [2.24, 2.45) is 5.92 Å². The van der Waals surface area contributed by atoms with E-state index >= 15 is 0 Å². The number of carboxylic acid groups (broad SMARTS) is 1. The van der Waals surface area contributed by atoms with E-state index in [1.807, 2.05) is 48.5 Å². The number of benzene rings is 3. The Morgan fingerprint density at radius 1 is 0.971 bits per heavy atom. The van der Waals surface area contributed by atoms with Gasteiger partial charge in [0.1, 0.15) is 6.61 Å². The largest absolute Gasteiger partial charge is 0.478 e. The Balaban J connectivity index is 1.31. The number of carboxylic acids is 1. The summed E-state index contributed by atoms with van der Waals surface area (Å²) in [5, 5.41) is 13.9. The smallest absolute Gasteiger partial charge is 0.407 e. The Labute approximate surface area is 195 Å². The number of hydrogen-bond acceptors (Lipinski definition) is 4. The van der Waals surface area contributed by atoms with Crippen LogP contribution in [0.5, 0.6) is 0 Å². The van der Waals surface area contributed by atoms with Gasteiger partial charge in [-0.3, -0.25) is 4.79 Å². The van der Waals surface area contributed by atoms with Crippen LogP contribution >= 0.6 is 0 Å². The van der Waals surface area contributed by atoms with Gasteiger partial charge < -0.3 is 20.5 Å². The maximum absolute atomic E-state index is 14.2. The lowest BCUT2D eigenvalue weighted by molar-refractivity contribution is -0.119. The van der Waals surface area contributed by atoms with Gasteiger partial charge in [0.15, 0.2) is 5.82 Å². The summed E-state index contributed by atoms with van der Waals surface area (Å²) in [6.45, 7) is 1.66. The number of ether oxygens (including phenoxy) is 1. The lowest BCUT2D eigenvalue weighted by Gasteiger charge is -2.16. The lowest BCUT2D eigenvalue weighted by atomic mass is 9.98.